The fourth-order valence-electron chi connectivity index (χ4n) is 2.15. The number of nitrogens with zero attached hydrogens (tertiary/aromatic N) is 2. The molecule has 96 valence electrons. The van der Waals surface area contributed by atoms with E-state index < -0.39 is 4.92 Å². The monoisotopic (exact) mass is 248 g/mol. The van der Waals surface area contributed by atoms with Crippen molar-refractivity contribution in [2.24, 2.45) is 0 Å². The van der Waals surface area contributed by atoms with E-state index >= 15 is 0 Å². The lowest BCUT2D eigenvalue weighted by molar-refractivity contribution is -0.384. The van der Waals surface area contributed by atoms with Crippen LogP contribution >= 0.6 is 0 Å². The van der Waals surface area contributed by atoms with Gasteiger partial charge in [-0.3, -0.25) is 14.9 Å². The van der Waals surface area contributed by atoms with E-state index in [1.54, 1.807) is 12.1 Å². The minimum atomic E-state index is -0.405. The lowest BCUT2D eigenvalue weighted by Gasteiger charge is -2.26. The van der Waals surface area contributed by atoms with Gasteiger partial charge >= 0.3 is 0 Å². The van der Waals surface area contributed by atoms with E-state index in [0.29, 0.717) is 13.0 Å². The molecule has 0 N–H and O–H groups in total. The summed E-state index contributed by atoms with van der Waals surface area (Å²) in [6.07, 6.45) is 3.48. The van der Waals surface area contributed by atoms with E-state index in [0.717, 1.165) is 31.4 Å². The van der Waals surface area contributed by atoms with Crippen molar-refractivity contribution in [2.75, 3.05) is 13.1 Å². The molecular weight excluding hydrogens is 232 g/mol. The Morgan fingerprint density at radius 2 is 1.94 bits per heavy atom. The van der Waals surface area contributed by atoms with Gasteiger partial charge in [0, 0.05) is 31.6 Å². The summed E-state index contributed by atoms with van der Waals surface area (Å²) in [5.41, 5.74) is 1.13. The molecule has 5 nitrogen and oxygen atoms in total. The number of nitro groups is 1. The summed E-state index contributed by atoms with van der Waals surface area (Å²) >= 11 is 0. The molecule has 1 aliphatic rings. The van der Waals surface area contributed by atoms with Crippen LogP contribution in [0.4, 0.5) is 5.69 Å². The van der Waals surface area contributed by atoms with Crippen LogP contribution in [-0.2, 0) is 11.2 Å². The minimum absolute atomic E-state index is 0.104. The molecule has 1 saturated heterocycles. The number of benzene rings is 1. The Morgan fingerprint density at radius 3 is 2.56 bits per heavy atom. The van der Waals surface area contributed by atoms with E-state index in [9.17, 15) is 14.9 Å². The second kappa shape index (κ2) is 5.62. The van der Waals surface area contributed by atoms with Gasteiger partial charge in [-0.2, -0.15) is 0 Å². The van der Waals surface area contributed by atoms with Crippen LogP contribution in [0.15, 0.2) is 24.3 Å². The van der Waals surface area contributed by atoms with Gasteiger partial charge < -0.3 is 4.90 Å². The number of rotatable bonds is 4. The predicted molar refractivity (Wildman–Crippen MR) is 67.2 cm³/mol. The number of hydrogen-bond acceptors (Lipinski definition) is 3. The van der Waals surface area contributed by atoms with Crippen molar-refractivity contribution in [1.82, 2.24) is 4.90 Å². The zero-order chi connectivity index (χ0) is 13.0. The first-order valence-electron chi connectivity index (χ1n) is 6.18. The van der Waals surface area contributed by atoms with Gasteiger partial charge in [-0.05, 0) is 24.8 Å². The van der Waals surface area contributed by atoms with Crippen molar-refractivity contribution in [1.29, 1.82) is 0 Å². The number of amides is 1. The number of carbonyl (C=O) groups excluding carboxylic acids is 1. The van der Waals surface area contributed by atoms with Crippen LogP contribution in [0.3, 0.4) is 0 Å². The molecule has 1 aromatic rings. The minimum Gasteiger partial charge on any atom is -0.342 e. The molecule has 1 fully saturated rings. The first-order valence-corrected chi connectivity index (χ1v) is 6.18. The molecule has 0 unspecified atom stereocenters. The van der Waals surface area contributed by atoms with Crippen molar-refractivity contribution < 1.29 is 9.72 Å². The van der Waals surface area contributed by atoms with Crippen molar-refractivity contribution in [3.05, 3.63) is 39.9 Å². The maximum Gasteiger partial charge on any atom is 0.269 e. The summed E-state index contributed by atoms with van der Waals surface area (Å²) < 4.78 is 0. The third-order valence-corrected chi connectivity index (χ3v) is 3.24. The van der Waals surface area contributed by atoms with Crippen LogP contribution < -0.4 is 0 Å². The lowest BCUT2D eigenvalue weighted by Crippen LogP contribution is -2.36. The molecule has 0 radical (unpaired) electrons. The van der Waals surface area contributed by atoms with Crippen LogP contribution in [0.2, 0.25) is 0 Å². The molecule has 1 aliphatic heterocycles. The molecule has 2 rings (SSSR count). The average Bonchev–Trinajstić information content (AvgIpc) is 2.38. The molecule has 0 saturated carbocycles. The van der Waals surface area contributed by atoms with Crippen molar-refractivity contribution in [3.63, 3.8) is 0 Å². The Kier molecular flexibility index (Phi) is 3.92. The van der Waals surface area contributed by atoms with Gasteiger partial charge in [0.25, 0.3) is 5.69 Å². The maximum atomic E-state index is 11.6. The van der Waals surface area contributed by atoms with Crippen molar-refractivity contribution in [3.8, 4) is 0 Å². The fourth-order valence-corrected chi connectivity index (χ4v) is 2.15. The van der Waals surface area contributed by atoms with Crippen molar-refractivity contribution >= 4 is 11.6 Å². The van der Waals surface area contributed by atoms with E-state index in [-0.39, 0.29) is 11.6 Å². The summed E-state index contributed by atoms with van der Waals surface area (Å²) in [4.78, 5) is 23.6. The van der Waals surface area contributed by atoms with Gasteiger partial charge in [-0.15, -0.1) is 0 Å². The molecule has 0 atom stereocenters. The highest BCUT2D eigenvalue weighted by atomic mass is 16.6. The Labute approximate surface area is 106 Å². The topological polar surface area (TPSA) is 63.5 Å². The quantitative estimate of drug-likeness (QED) is 0.605. The molecule has 1 heterocycles. The predicted octanol–water partition coefficient (Wildman–Crippen LogP) is 2.15. The number of non-ortho nitro benzene ring substituents is 1. The Bertz CT molecular complexity index is 442. The normalized spacial score (nSPS) is 15.8. The number of piperidine rings is 1. The summed E-state index contributed by atoms with van der Waals surface area (Å²) in [5, 5.41) is 10.5. The first-order chi connectivity index (χ1) is 8.66. The molecule has 0 bridgehead atoms. The number of carbonyl (C=O) groups is 1. The number of likely N-dealkylation sites (tertiary alicyclic amines) is 1. The van der Waals surface area contributed by atoms with Crippen LogP contribution in [0, 0.1) is 10.1 Å². The third-order valence-electron chi connectivity index (χ3n) is 3.24. The Hall–Kier alpha value is -1.91. The van der Waals surface area contributed by atoms with Crippen LogP contribution in [0.25, 0.3) is 0 Å². The van der Waals surface area contributed by atoms with Gasteiger partial charge in [0.15, 0.2) is 0 Å². The maximum absolute atomic E-state index is 11.6. The lowest BCUT2D eigenvalue weighted by atomic mass is 10.1. The number of nitro benzene ring substituents is 1. The smallest absolute Gasteiger partial charge is 0.269 e. The molecular formula is C13H16N2O3. The second-order valence-electron chi connectivity index (χ2n) is 4.51. The van der Waals surface area contributed by atoms with E-state index in [4.69, 9.17) is 0 Å². The largest absolute Gasteiger partial charge is 0.342 e. The van der Waals surface area contributed by atoms with Crippen LogP contribution in [0.1, 0.15) is 24.8 Å². The van der Waals surface area contributed by atoms with Gasteiger partial charge in [-0.1, -0.05) is 12.1 Å². The zero-order valence-electron chi connectivity index (χ0n) is 10.2. The first kappa shape index (κ1) is 12.5. The molecule has 1 amide bonds. The summed E-state index contributed by atoms with van der Waals surface area (Å²) in [7, 11) is 0. The summed E-state index contributed by atoms with van der Waals surface area (Å²) in [6.45, 7) is 1.54. The SMILES string of the molecule is O=C1CCCCN1CCc1ccc([N+](=O)[O-])cc1. The summed E-state index contributed by atoms with van der Waals surface area (Å²) in [5.74, 6) is 0.225. The number of hydrogen-bond donors (Lipinski definition) is 0. The molecule has 0 spiro atoms. The molecule has 0 aliphatic carbocycles. The fraction of sp³-hybridized carbons (Fsp3) is 0.462. The second-order valence-corrected chi connectivity index (χ2v) is 4.51. The average molecular weight is 248 g/mol. The third kappa shape index (κ3) is 3.06. The highest BCUT2D eigenvalue weighted by molar-refractivity contribution is 5.76. The molecule has 1 aromatic carbocycles. The van der Waals surface area contributed by atoms with E-state index in [1.807, 2.05) is 4.90 Å². The van der Waals surface area contributed by atoms with Gasteiger partial charge in [0.1, 0.15) is 0 Å². The van der Waals surface area contributed by atoms with E-state index in [2.05, 4.69) is 0 Å². The molecule has 0 aromatic heterocycles. The highest BCUT2D eigenvalue weighted by Crippen LogP contribution is 2.14. The van der Waals surface area contributed by atoms with Crippen molar-refractivity contribution in [2.45, 2.75) is 25.7 Å². The van der Waals surface area contributed by atoms with Crippen LogP contribution in [-0.4, -0.2) is 28.8 Å². The standard InChI is InChI=1S/C13H16N2O3/c16-13-3-1-2-9-14(13)10-8-11-4-6-12(7-5-11)15(17)18/h4-7H,1-3,8-10H2. The molecule has 18 heavy (non-hydrogen) atoms. The zero-order valence-corrected chi connectivity index (χ0v) is 10.2. The van der Waals surface area contributed by atoms with E-state index in [1.165, 1.54) is 12.1 Å². The summed E-state index contributed by atoms with van der Waals surface area (Å²) in [6, 6.07) is 6.53. The molecule has 5 heteroatoms. The van der Waals surface area contributed by atoms with Gasteiger partial charge in [0.2, 0.25) is 5.91 Å². The Balaban J connectivity index is 1.89. The highest BCUT2D eigenvalue weighted by Gasteiger charge is 2.17. The Morgan fingerprint density at radius 1 is 1.22 bits per heavy atom. The van der Waals surface area contributed by atoms with Gasteiger partial charge in [0.05, 0.1) is 4.92 Å². The van der Waals surface area contributed by atoms with Gasteiger partial charge in [-0.25, -0.2) is 0 Å². The van der Waals surface area contributed by atoms with Crippen LogP contribution in [0.5, 0.6) is 0 Å².